The minimum absolute atomic E-state index is 0.0427. The molecular weight excluding hydrogens is 496 g/mol. The highest BCUT2D eigenvalue weighted by Gasteiger charge is 2.58. The molecule has 0 spiro atoms. The van der Waals surface area contributed by atoms with Crippen LogP contribution in [0.1, 0.15) is 98.3 Å². The van der Waals surface area contributed by atoms with Crippen LogP contribution < -0.4 is 5.32 Å². The van der Waals surface area contributed by atoms with Crippen LogP contribution in [0.25, 0.3) is 0 Å². The van der Waals surface area contributed by atoms with Crippen LogP contribution in [0.4, 0.5) is 0 Å². The second-order valence-corrected chi connectivity index (χ2v) is 14.1. The van der Waals surface area contributed by atoms with Gasteiger partial charge in [0.15, 0.2) is 6.61 Å². The van der Waals surface area contributed by atoms with Crippen LogP contribution in [0, 0.1) is 34.5 Å². The van der Waals surface area contributed by atoms with Crippen LogP contribution in [0.2, 0.25) is 0 Å². The van der Waals surface area contributed by atoms with Crippen LogP contribution in [0.15, 0.2) is 16.8 Å². The van der Waals surface area contributed by atoms with E-state index in [2.05, 4.69) is 30.4 Å². The smallest absolute Gasteiger partial charge is 0.305 e. The van der Waals surface area contributed by atoms with Crippen molar-refractivity contribution in [3.05, 3.63) is 11.6 Å². The standard InChI is InChI=1S/C31H48N2O6/c1-29(2)17-19(11-14-38-29)25(16-28(36)37)32-27(35)18-39-33-21-9-12-30(3)20(15-21)5-6-22-23-7-8-26(34)31(23,4)13-10-24(22)30/h15,19,22-26,34H,5-14,16-18H2,1-4H3,(H,32,35)(H,36,37)/b33-21+/t19-,22+,23+,24+,25-,26+,30+,31+/m1/s1. The molecule has 5 aliphatic rings. The van der Waals surface area contributed by atoms with Crippen molar-refractivity contribution in [2.45, 2.75) is 116 Å². The van der Waals surface area contributed by atoms with E-state index in [1.54, 1.807) is 0 Å². The molecular formula is C31H48N2O6. The van der Waals surface area contributed by atoms with Crippen molar-refractivity contribution in [2.24, 2.45) is 39.7 Å². The molecule has 8 nitrogen and oxygen atoms in total. The van der Waals surface area contributed by atoms with Gasteiger partial charge in [-0.3, -0.25) is 9.59 Å². The van der Waals surface area contributed by atoms with Gasteiger partial charge in [-0.25, -0.2) is 0 Å². The van der Waals surface area contributed by atoms with E-state index >= 15 is 0 Å². The molecule has 4 fully saturated rings. The van der Waals surface area contributed by atoms with E-state index in [-0.39, 0.29) is 47.4 Å². The lowest BCUT2D eigenvalue weighted by atomic mass is 9.47. The van der Waals surface area contributed by atoms with Crippen LogP contribution in [-0.4, -0.2) is 58.8 Å². The minimum atomic E-state index is -0.927. The van der Waals surface area contributed by atoms with Gasteiger partial charge in [0.05, 0.1) is 23.8 Å². The fourth-order valence-electron chi connectivity index (χ4n) is 9.18. The number of carbonyl (C=O) groups excluding carboxylic acids is 1. The first-order valence-electron chi connectivity index (χ1n) is 15.1. The molecule has 218 valence electrons. The average Bonchev–Trinajstić information content (AvgIpc) is 3.17. The molecule has 3 saturated carbocycles. The molecule has 3 N–H and O–H groups in total. The number of nitrogens with one attached hydrogen (secondary N) is 1. The van der Waals surface area contributed by atoms with E-state index < -0.39 is 12.0 Å². The molecule has 1 saturated heterocycles. The third kappa shape index (κ3) is 5.65. The van der Waals surface area contributed by atoms with Crippen LogP contribution >= 0.6 is 0 Å². The Bertz CT molecular complexity index is 1020. The predicted octanol–water partition coefficient (Wildman–Crippen LogP) is 4.85. The summed E-state index contributed by atoms with van der Waals surface area (Å²) < 4.78 is 5.77. The molecule has 0 radical (unpaired) electrons. The van der Waals surface area contributed by atoms with Gasteiger partial charge in [0.2, 0.25) is 0 Å². The number of allylic oxidation sites excluding steroid dienone is 2. The fraction of sp³-hybridized carbons (Fsp3) is 0.839. The third-order valence-corrected chi connectivity index (χ3v) is 11.3. The highest BCUT2D eigenvalue weighted by atomic mass is 16.6. The van der Waals surface area contributed by atoms with Gasteiger partial charge < -0.3 is 25.1 Å². The number of hydrogen-bond acceptors (Lipinski definition) is 6. The van der Waals surface area contributed by atoms with Crippen LogP contribution in [-0.2, 0) is 19.2 Å². The van der Waals surface area contributed by atoms with E-state index in [9.17, 15) is 19.8 Å². The first-order chi connectivity index (χ1) is 18.4. The number of ether oxygens (including phenoxy) is 1. The van der Waals surface area contributed by atoms with Gasteiger partial charge in [0, 0.05) is 12.6 Å². The van der Waals surface area contributed by atoms with Crippen molar-refractivity contribution in [1.82, 2.24) is 5.32 Å². The van der Waals surface area contributed by atoms with Gasteiger partial charge in [-0.2, -0.15) is 0 Å². The molecule has 0 aromatic rings. The highest BCUT2D eigenvalue weighted by molar-refractivity contribution is 5.96. The molecule has 1 heterocycles. The Morgan fingerprint density at radius 3 is 2.64 bits per heavy atom. The van der Waals surface area contributed by atoms with Crippen molar-refractivity contribution < 1.29 is 29.4 Å². The lowest BCUT2D eigenvalue weighted by Crippen LogP contribution is -2.51. The summed E-state index contributed by atoms with van der Waals surface area (Å²) in [6, 6.07) is -0.458. The predicted molar refractivity (Wildman–Crippen MR) is 148 cm³/mol. The number of carboxylic acid groups (broad SMARTS) is 1. The molecule has 0 aromatic carbocycles. The summed E-state index contributed by atoms with van der Waals surface area (Å²) in [7, 11) is 0. The van der Waals surface area contributed by atoms with Gasteiger partial charge in [-0.15, -0.1) is 0 Å². The zero-order valence-corrected chi connectivity index (χ0v) is 24.2. The molecule has 1 aliphatic heterocycles. The van der Waals surface area contributed by atoms with E-state index in [0.29, 0.717) is 30.8 Å². The number of aliphatic hydroxyl groups excluding tert-OH is 1. The third-order valence-electron chi connectivity index (χ3n) is 11.3. The van der Waals surface area contributed by atoms with Gasteiger partial charge in [0.1, 0.15) is 0 Å². The lowest BCUT2D eigenvalue weighted by Gasteiger charge is -2.57. The molecule has 0 unspecified atom stereocenters. The Labute approximate surface area is 233 Å². The second-order valence-electron chi connectivity index (χ2n) is 14.1. The number of hydrogen-bond donors (Lipinski definition) is 3. The second kappa shape index (κ2) is 10.8. The SMILES string of the molecule is CC1(C)C[C@H]([C@@H](CC(=O)O)NC(=O)CO/N=C2/C=C3CC[C@H]4[C@@H]5CC[C@H](O)[C@@]5(C)CC[C@@H]4[C@@]3(C)CC2)CCO1. The Morgan fingerprint density at radius 1 is 1.10 bits per heavy atom. The monoisotopic (exact) mass is 544 g/mol. The zero-order chi connectivity index (χ0) is 28.0. The largest absolute Gasteiger partial charge is 0.481 e. The summed E-state index contributed by atoms with van der Waals surface area (Å²) in [4.78, 5) is 29.7. The quantitative estimate of drug-likeness (QED) is 0.395. The normalized spacial score (nSPS) is 41.0. The first-order valence-corrected chi connectivity index (χ1v) is 15.1. The van der Waals surface area contributed by atoms with E-state index in [4.69, 9.17) is 9.57 Å². The zero-order valence-electron chi connectivity index (χ0n) is 24.2. The summed E-state index contributed by atoms with van der Waals surface area (Å²) in [5, 5.41) is 27.3. The van der Waals surface area contributed by atoms with Crippen molar-refractivity contribution in [3.8, 4) is 0 Å². The van der Waals surface area contributed by atoms with Crippen molar-refractivity contribution in [2.75, 3.05) is 13.2 Å². The first kappa shape index (κ1) is 28.6. The molecule has 8 atom stereocenters. The van der Waals surface area contributed by atoms with E-state index in [0.717, 1.165) is 50.7 Å². The molecule has 0 aromatic heterocycles. The van der Waals surface area contributed by atoms with Crippen molar-refractivity contribution >= 4 is 17.6 Å². The number of carboxylic acids is 1. The number of oxime groups is 1. The fourth-order valence-corrected chi connectivity index (χ4v) is 9.18. The molecule has 5 rings (SSSR count). The number of aliphatic carboxylic acids is 1. The molecule has 1 amide bonds. The van der Waals surface area contributed by atoms with Gasteiger partial charge in [-0.1, -0.05) is 24.6 Å². The summed E-state index contributed by atoms with van der Waals surface area (Å²) in [6.45, 7) is 9.10. The topological polar surface area (TPSA) is 117 Å². The number of nitrogens with zero attached hydrogens (tertiary/aromatic N) is 1. The highest BCUT2D eigenvalue weighted by Crippen LogP contribution is 2.65. The molecule has 0 bridgehead atoms. The molecule has 8 heteroatoms. The van der Waals surface area contributed by atoms with Crippen LogP contribution in [0.3, 0.4) is 0 Å². The lowest BCUT2D eigenvalue weighted by molar-refractivity contribution is -0.139. The number of amides is 1. The Hall–Kier alpha value is -1.93. The van der Waals surface area contributed by atoms with E-state index in [1.165, 1.54) is 18.4 Å². The van der Waals surface area contributed by atoms with Crippen molar-refractivity contribution in [3.63, 3.8) is 0 Å². The Balaban J connectivity index is 1.18. The summed E-state index contributed by atoms with van der Waals surface area (Å²) in [5.41, 5.74) is 2.30. The minimum Gasteiger partial charge on any atom is -0.481 e. The maximum Gasteiger partial charge on any atom is 0.305 e. The average molecular weight is 545 g/mol. The maximum atomic E-state index is 12.7. The number of rotatable bonds is 7. The Kier molecular flexibility index (Phi) is 7.92. The Morgan fingerprint density at radius 2 is 1.90 bits per heavy atom. The maximum absolute atomic E-state index is 12.7. The molecule has 39 heavy (non-hydrogen) atoms. The summed E-state index contributed by atoms with van der Waals surface area (Å²) >= 11 is 0. The van der Waals surface area contributed by atoms with Crippen LogP contribution in [0.5, 0.6) is 0 Å². The van der Waals surface area contributed by atoms with Gasteiger partial charge in [0.25, 0.3) is 5.91 Å². The summed E-state index contributed by atoms with van der Waals surface area (Å²) in [6.07, 6.45) is 11.9. The van der Waals surface area contributed by atoms with Gasteiger partial charge in [-0.05, 0) is 119 Å². The van der Waals surface area contributed by atoms with Crippen molar-refractivity contribution in [1.29, 1.82) is 0 Å². The number of aliphatic hydroxyl groups is 1. The van der Waals surface area contributed by atoms with Gasteiger partial charge >= 0.3 is 5.97 Å². The van der Waals surface area contributed by atoms with E-state index in [1.807, 2.05) is 13.8 Å². The molecule has 4 aliphatic carbocycles. The summed E-state index contributed by atoms with van der Waals surface area (Å²) in [5.74, 6) is 0.772. The number of carbonyl (C=O) groups is 2. The number of fused-ring (bicyclic) bond motifs is 5.